The average Bonchev–Trinajstić information content (AvgIpc) is 2.67. The summed E-state index contributed by atoms with van der Waals surface area (Å²) in [5.74, 6) is -6.94. The monoisotopic (exact) mass is 530 g/mol. The standard InChI is InChI=1S/C14H16F2O4.C12H14F2O3/c1-8(17)19-12-7-10(15)9(5-11(12)16)6-13(18)20-14(2,3)4;1-12(2,3)17-11(16)5-7-4-9(14)10(15)6-8(7)13/h5,7H,6H2,1-4H3;4,6,15H,5H2,1-3H3. The molecule has 0 saturated heterocycles. The van der Waals surface area contributed by atoms with E-state index in [9.17, 15) is 31.9 Å². The van der Waals surface area contributed by atoms with Crippen LogP contribution in [0.25, 0.3) is 0 Å². The van der Waals surface area contributed by atoms with E-state index in [1.807, 2.05) is 0 Å². The zero-order chi connectivity index (χ0) is 28.7. The molecule has 0 heterocycles. The molecule has 0 aromatic heterocycles. The number of phenolic OH excluding ortho intramolecular Hbond substituents is 1. The maximum atomic E-state index is 13.7. The summed E-state index contributed by atoms with van der Waals surface area (Å²) in [6, 6.07) is 2.97. The van der Waals surface area contributed by atoms with Crippen molar-refractivity contribution >= 4 is 17.9 Å². The zero-order valence-electron chi connectivity index (χ0n) is 21.6. The Hall–Kier alpha value is -3.63. The van der Waals surface area contributed by atoms with Gasteiger partial charge in [-0.2, -0.15) is 0 Å². The van der Waals surface area contributed by atoms with Gasteiger partial charge in [-0.3, -0.25) is 14.4 Å². The normalized spacial score (nSPS) is 11.2. The molecule has 0 radical (unpaired) electrons. The van der Waals surface area contributed by atoms with Gasteiger partial charge in [0.05, 0.1) is 12.8 Å². The van der Waals surface area contributed by atoms with Gasteiger partial charge >= 0.3 is 17.9 Å². The van der Waals surface area contributed by atoms with Gasteiger partial charge in [-0.25, -0.2) is 17.6 Å². The number of hydrogen-bond acceptors (Lipinski definition) is 7. The first-order chi connectivity index (χ1) is 16.8. The molecule has 7 nitrogen and oxygen atoms in total. The van der Waals surface area contributed by atoms with Crippen LogP contribution in [0.3, 0.4) is 0 Å². The fourth-order valence-electron chi connectivity index (χ4n) is 2.72. The lowest BCUT2D eigenvalue weighted by Crippen LogP contribution is -2.25. The van der Waals surface area contributed by atoms with E-state index in [-0.39, 0.29) is 17.5 Å². The summed E-state index contributed by atoms with van der Waals surface area (Å²) in [6.45, 7) is 11.1. The minimum Gasteiger partial charge on any atom is -0.505 e. The molecule has 0 bridgehead atoms. The van der Waals surface area contributed by atoms with Crippen molar-refractivity contribution < 1.29 is 51.3 Å². The Morgan fingerprint density at radius 3 is 1.51 bits per heavy atom. The Kier molecular flexibility index (Phi) is 10.7. The molecule has 204 valence electrons. The molecule has 0 unspecified atom stereocenters. The molecule has 0 amide bonds. The van der Waals surface area contributed by atoms with E-state index in [2.05, 4.69) is 4.74 Å². The molecule has 2 rings (SSSR count). The van der Waals surface area contributed by atoms with Crippen LogP contribution in [-0.2, 0) is 36.7 Å². The number of phenols is 1. The van der Waals surface area contributed by atoms with E-state index < -0.39 is 70.3 Å². The molecule has 0 aliphatic rings. The first-order valence-corrected chi connectivity index (χ1v) is 11.0. The number of rotatable bonds is 5. The molecule has 0 fully saturated rings. The Morgan fingerprint density at radius 1 is 0.703 bits per heavy atom. The van der Waals surface area contributed by atoms with Crippen molar-refractivity contribution in [1.82, 2.24) is 0 Å². The van der Waals surface area contributed by atoms with Gasteiger partial charge in [0, 0.05) is 30.2 Å². The molecule has 0 aliphatic carbocycles. The highest BCUT2D eigenvalue weighted by atomic mass is 19.1. The van der Waals surface area contributed by atoms with Crippen LogP contribution in [-0.4, -0.2) is 34.2 Å². The van der Waals surface area contributed by atoms with Gasteiger partial charge in [0.1, 0.15) is 22.8 Å². The number of benzene rings is 2. The van der Waals surface area contributed by atoms with Crippen LogP contribution in [0.4, 0.5) is 17.6 Å². The van der Waals surface area contributed by atoms with Crippen LogP contribution in [0, 0.1) is 23.3 Å². The lowest BCUT2D eigenvalue weighted by molar-refractivity contribution is -0.155. The van der Waals surface area contributed by atoms with E-state index in [0.29, 0.717) is 6.07 Å². The number of hydrogen-bond donors (Lipinski definition) is 1. The summed E-state index contributed by atoms with van der Waals surface area (Å²) in [7, 11) is 0. The topological polar surface area (TPSA) is 99.1 Å². The van der Waals surface area contributed by atoms with Gasteiger partial charge in [0.2, 0.25) is 0 Å². The lowest BCUT2D eigenvalue weighted by atomic mass is 10.1. The highest BCUT2D eigenvalue weighted by Crippen LogP contribution is 2.23. The Bertz CT molecular complexity index is 1150. The number of ether oxygens (including phenoxy) is 3. The molecule has 0 atom stereocenters. The van der Waals surface area contributed by atoms with E-state index in [1.165, 1.54) is 0 Å². The molecule has 1 N–H and O–H groups in total. The van der Waals surface area contributed by atoms with Crippen molar-refractivity contribution in [1.29, 1.82) is 0 Å². The predicted octanol–water partition coefficient (Wildman–Crippen LogP) is 5.33. The van der Waals surface area contributed by atoms with Crippen LogP contribution in [0.15, 0.2) is 24.3 Å². The molecule has 0 aliphatic heterocycles. The second-order valence-electron chi connectivity index (χ2n) is 9.89. The van der Waals surface area contributed by atoms with Crippen LogP contribution >= 0.6 is 0 Å². The highest BCUT2D eigenvalue weighted by Gasteiger charge is 2.21. The molecule has 2 aromatic carbocycles. The van der Waals surface area contributed by atoms with Crippen LogP contribution < -0.4 is 4.74 Å². The van der Waals surface area contributed by atoms with Gasteiger partial charge in [0.25, 0.3) is 0 Å². The summed E-state index contributed by atoms with van der Waals surface area (Å²) in [5.41, 5.74) is -1.69. The first kappa shape index (κ1) is 31.4. The van der Waals surface area contributed by atoms with Crippen LogP contribution in [0.2, 0.25) is 0 Å². The third-order valence-corrected chi connectivity index (χ3v) is 3.98. The van der Waals surface area contributed by atoms with Crippen LogP contribution in [0.5, 0.6) is 11.5 Å². The molecule has 11 heteroatoms. The maximum absolute atomic E-state index is 13.7. The van der Waals surface area contributed by atoms with Crippen molar-refractivity contribution in [3.05, 3.63) is 58.7 Å². The summed E-state index contributed by atoms with van der Waals surface area (Å²) in [4.78, 5) is 33.7. The van der Waals surface area contributed by atoms with Crippen molar-refractivity contribution in [3.63, 3.8) is 0 Å². The number of halogens is 4. The summed E-state index contributed by atoms with van der Waals surface area (Å²) >= 11 is 0. The van der Waals surface area contributed by atoms with Crippen LogP contribution in [0.1, 0.15) is 59.6 Å². The second-order valence-corrected chi connectivity index (χ2v) is 9.89. The molecular formula is C26H30F4O7. The quantitative estimate of drug-likeness (QED) is 0.317. The van der Waals surface area contributed by atoms with Gasteiger partial charge in [0.15, 0.2) is 23.1 Å². The maximum Gasteiger partial charge on any atom is 0.310 e. The minimum atomic E-state index is -0.968. The zero-order valence-corrected chi connectivity index (χ0v) is 21.6. The minimum absolute atomic E-state index is 0.144. The lowest BCUT2D eigenvalue weighted by Gasteiger charge is -2.19. The summed E-state index contributed by atoms with van der Waals surface area (Å²) < 4.78 is 68.0. The van der Waals surface area contributed by atoms with Gasteiger partial charge in [-0.15, -0.1) is 0 Å². The third-order valence-electron chi connectivity index (χ3n) is 3.98. The summed E-state index contributed by atoms with van der Waals surface area (Å²) in [6.07, 6.45) is -0.777. The van der Waals surface area contributed by atoms with Crippen molar-refractivity contribution in [2.24, 2.45) is 0 Å². The van der Waals surface area contributed by atoms with E-state index in [4.69, 9.17) is 14.6 Å². The fourth-order valence-corrected chi connectivity index (χ4v) is 2.72. The number of esters is 3. The van der Waals surface area contributed by atoms with Crippen molar-refractivity contribution in [2.45, 2.75) is 72.5 Å². The third kappa shape index (κ3) is 11.8. The van der Waals surface area contributed by atoms with Crippen molar-refractivity contribution in [3.8, 4) is 11.5 Å². The first-order valence-electron chi connectivity index (χ1n) is 11.0. The van der Waals surface area contributed by atoms with Gasteiger partial charge in [-0.1, -0.05) is 0 Å². The highest BCUT2D eigenvalue weighted by molar-refractivity contribution is 5.74. The smallest absolute Gasteiger partial charge is 0.310 e. The largest absolute Gasteiger partial charge is 0.505 e. The Balaban J connectivity index is 0.000000375. The molecule has 37 heavy (non-hydrogen) atoms. The predicted molar refractivity (Wildman–Crippen MR) is 125 cm³/mol. The number of carbonyl (C=O) groups is 3. The van der Waals surface area contributed by atoms with E-state index in [1.54, 1.807) is 41.5 Å². The van der Waals surface area contributed by atoms with Gasteiger partial charge in [-0.05, 0) is 53.7 Å². The molecule has 0 saturated carbocycles. The summed E-state index contributed by atoms with van der Waals surface area (Å²) in [5, 5.41) is 8.91. The molecular weight excluding hydrogens is 500 g/mol. The second kappa shape index (κ2) is 12.6. The van der Waals surface area contributed by atoms with E-state index >= 15 is 0 Å². The average molecular weight is 531 g/mol. The SMILES string of the molecule is CC(=O)Oc1cc(F)c(CC(=O)OC(C)(C)C)cc1F.CC(C)(C)OC(=O)Cc1cc(F)c(O)cc1F. The van der Waals surface area contributed by atoms with Gasteiger partial charge < -0.3 is 19.3 Å². The number of carbonyl (C=O) groups excluding carboxylic acids is 3. The van der Waals surface area contributed by atoms with E-state index in [0.717, 1.165) is 25.1 Å². The molecule has 2 aromatic rings. The number of aromatic hydroxyl groups is 1. The fraction of sp³-hybridized carbons (Fsp3) is 0.423. The Labute approximate surface area is 212 Å². The van der Waals surface area contributed by atoms with Crippen molar-refractivity contribution in [2.75, 3.05) is 0 Å². The molecule has 0 spiro atoms. The Morgan fingerprint density at radius 2 is 1.11 bits per heavy atom.